The first kappa shape index (κ1) is 22.1. The van der Waals surface area contributed by atoms with Crippen LogP contribution in [0, 0.1) is 0 Å². The second kappa shape index (κ2) is 11.6. The molecule has 0 radical (unpaired) electrons. The third-order valence-corrected chi connectivity index (χ3v) is 4.72. The normalized spacial score (nSPS) is 10.4. The standard InChI is InChI=1S/C26H27NO4/c1-2-30-25(28)16-17-27(19-21-10-5-3-6-11-21)26(29)23-14-9-15-24(18-23)31-20-22-12-7-4-8-13-22/h3-15,18H,2,16-17,19-20H2,1H3. The molecule has 3 aromatic rings. The summed E-state index contributed by atoms with van der Waals surface area (Å²) in [5.41, 5.74) is 2.57. The fraction of sp³-hybridized carbons (Fsp3) is 0.231. The zero-order valence-electron chi connectivity index (χ0n) is 17.7. The molecule has 31 heavy (non-hydrogen) atoms. The lowest BCUT2D eigenvalue weighted by Crippen LogP contribution is -2.33. The lowest BCUT2D eigenvalue weighted by Gasteiger charge is -2.23. The first-order valence-electron chi connectivity index (χ1n) is 10.4. The topological polar surface area (TPSA) is 55.8 Å². The van der Waals surface area contributed by atoms with Gasteiger partial charge in [-0.05, 0) is 36.2 Å². The smallest absolute Gasteiger partial charge is 0.307 e. The fourth-order valence-corrected chi connectivity index (χ4v) is 3.16. The van der Waals surface area contributed by atoms with Gasteiger partial charge in [-0.2, -0.15) is 0 Å². The van der Waals surface area contributed by atoms with Crippen molar-refractivity contribution in [2.24, 2.45) is 0 Å². The number of amides is 1. The van der Waals surface area contributed by atoms with Gasteiger partial charge in [-0.25, -0.2) is 0 Å². The summed E-state index contributed by atoms with van der Waals surface area (Å²) in [6, 6.07) is 26.7. The SMILES string of the molecule is CCOC(=O)CCN(Cc1ccccc1)C(=O)c1cccc(OCc2ccccc2)c1. The zero-order chi connectivity index (χ0) is 21.9. The van der Waals surface area contributed by atoms with E-state index in [0.29, 0.717) is 31.1 Å². The molecule has 0 aliphatic rings. The van der Waals surface area contributed by atoms with Crippen LogP contribution < -0.4 is 4.74 Å². The summed E-state index contributed by atoms with van der Waals surface area (Å²) in [6.07, 6.45) is 0.149. The summed E-state index contributed by atoms with van der Waals surface area (Å²) in [5.74, 6) is 0.159. The number of esters is 1. The fourth-order valence-electron chi connectivity index (χ4n) is 3.16. The Morgan fingerprint density at radius 2 is 1.52 bits per heavy atom. The molecule has 5 heteroatoms. The highest BCUT2D eigenvalue weighted by atomic mass is 16.5. The molecule has 1 amide bonds. The van der Waals surface area contributed by atoms with Crippen LogP contribution in [0.1, 0.15) is 34.8 Å². The van der Waals surface area contributed by atoms with Crippen molar-refractivity contribution in [3.8, 4) is 5.75 Å². The van der Waals surface area contributed by atoms with Gasteiger partial charge in [-0.15, -0.1) is 0 Å². The third-order valence-electron chi connectivity index (χ3n) is 4.72. The highest BCUT2D eigenvalue weighted by Crippen LogP contribution is 2.18. The molecule has 0 aromatic heterocycles. The number of rotatable bonds is 10. The van der Waals surface area contributed by atoms with Crippen molar-refractivity contribution in [1.29, 1.82) is 0 Å². The van der Waals surface area contributed by atoms with Crippen LogP contribution in [0.4, 0.5) is 0 Å². The minimum Gasteiger partial charge on any atom is -0.489 e. The molecule has 0 aliphatic carbocycles. The molecular formula is C26H27NO4. The van der Waals surface area contributed by atoms with Gasteiger partial charge in [0.05, 0.1) is 13.0 Å². The van der Waals surface area contributed by atoms with Gasteiger partial charge in [-0.3, -0.25) is 9.59 Å². The maximum Gasteiger partial charge on any atom is 0.307 e. The van der Waals surface area contributed by atoms with Crippen LogP contribution in [0.25, 0.3) is 0 Å². The van der Waals surface area contributed by atoms with E-state index in [4.69, 9.17) is 9.47 Å². The van der Waals surface area contributed by atoms with E-state index >= 15 is 0 Å². The van der Waals surface area contributed by atoms with Gasteiger partial charge in [-0.1, -0.05) is 66.7 Å². The lowest BCUT2D eigenvalue weighted by atomic mass is 10.1. The lowest BCUT2D eigenvalue weighted by molar-refractivity contribution is -0.143. The molecule has 0 saturated heterocycles. The van der Waals surface area contributed by atoms with E-state index in [0.717, 1.165) is 11.1 Å². The van der Waals surface area contributed by atoms with E-state index in [1.54, 1.807) is 30.0 Å². The summed E-state index contributed by atoms with van der Waals surface area (Å²) in [5, 5.41) is 0. The molecule has 0 saturated carbocycles. The van der Waals surface area contributed by atoms with Crippen LogP contribution in [0.15, 0.2) is 84.9 Å². The Balaban J connectivity index is 1.72. The molecule has 0 spiro atoms. The van der Waals surface area contributed by atoms with Crippen molar-refractivity contribution in [3.05, 3.63) is 102 Å². The average Bonchev–Trinajstić information content (AvgIpc) is 2.81. The molecule has 0 aliphatic heterocycles. The van der Waals surface area contributed by atoms with Gasteiger partial charge in [0, 0.05) is 18.7 Å². The van der Waals surface area contributed by atoms with Crippen LogP contribution in [-0.4, -0.2) is 29.9 Å². The Kier molecular flexibility index (Phi) is 8.23. The second-order valence-corrected chi connectivity index (χ2v) is 7.07. The quantitative estimate of drug-likeness (QED) is 0.442. The zero-order valence-corrected chi connectivity index (χ0v) is 17.7. The number of ether oxygens (including phenoxy) is 2. The first-order chi connectivity index (χ1) is 15.2. The Morgan fingerprint density at radius 1 is 0.839 bits per heavy atom. The number of nitrogens with zero attached hydrogens (tertiary/aromatic N) is 1. The van der Waals surface area contributed by atoms with E-state index in [1.807, 2.05) is 66.7 Å². The Morgan fingerprint density at radius 3 is 2.19 bits per heavy atom. The van der Waals surface area contributed by atoms with Crippen molar-refractivity contribution in [2.45, 2.75) is 26.5 Å². The largest absolute Gasteiger partial charge is 0.489 e. The van der Waals surface area contributed by atoms with Crippen LogP contribution in [0.2, 0.25) is 0 Å². The highest BCUT2D eigenvalue weighted by Gasteiger charge is 2.18. The molecule has 5 nitrogen and oxygen atoms in total. The van der Waals surface area contributed by atoms with E-state index in [9.17, 15) is 9.59 Å². The predicted octanol–water partition coefficient (Wildman–Crippen LogP) is 4.86. The van der Waals surface area contributed by atoms with Crippen LogP contribution in [0.5, 0.6) is 5.75 Å². The van der Waals surface area contributed by atoms with Gasteiger partial charge < -0.3 is 14.4 Å². The number of hydrogen-bond donors (Lipinski definition) is 0. The Bertz CT molecular complexity index is 973. The Hall–Kier alpha value is -3.60. The van der Waals surface area contributed by atoms with Gasteiger partial charge in [0.1, 0.15) is 12.4 Å². The van der Waals surface area contributed by atoms with E-state index in [2.05, 4.69) is 0 Å². The van der Waals surface area contributed by atoms with Gasteiger partial charge >= 0.3 is 5.97 Å². The molecule has 0 N–H and O–H groups in total. The second-order valence-electron chi connectivity index (χ2n) is 7.07. The van der Waals surface area contributed by atoms with Gasteiger partial charge in [0.2, 0.25) is 0 Å². The minimum atomic E-state index is -0.312. The van der Waals surface area contributed by atoms with Crippen LogP contribution in [-0.2, 0) is 22.7 Å². The van der Waals surface area contributed by atoms with Crippen molar-refractivity contribution < 1.29 is 19.1 Å². The van der Waals surface area contributed by atoms with E-state index < -0.39 is 0 Å². The molecule has 160 valence electrons. The van der Waals surface area contributed by atoms with Crippen molar-refractivity contribution in [2.75, 3.05) is 13.2 Å². The average molecular weight is 418 g/mol. The molecule has 0 bridgehead atoms. The molecule has 0 atom stereocenters. The summed E-state index contributed by atoms with van der Waals surface area (Å²) in [4.78, 5) is 26.8. The van der Waals surface area contributed by atoms with Crippen LogP contribution >= 0.6 is 0 Å². The highest BCUT2D eigenvalue weighted by molar-refractivity contribution is 5.94. The monoisotopic (exact) mass is 417 g/mol. The number of carbonyl (C=O) groups excluding carboxylic acids is 2. The molecule has 3 rings (SSSR count). The predicted molar refractivity (Wildman–Crippen MR) is 120 cm³/mol. The molecule has 0 fully saturated rings. The first-order valence-corrected chi connectivity index (χ1v) is 10.4. The summed E-state index contributed by atoms with van der Waals surface area (Å²) in [6.45, 7) is 3.21. The van der Waals surface area contributed by atoms with E-state index in [1.165, 1.54) is 0 Å². The van der Waals surface area contributed by atoms with Crippen LogP contribution in [0.3, 0.4) is 0 Å². The third kappa shape index (κ3) is 7.00. The molecular weight excluding hydrogens is 390 g/mol. The van der Waals surface area contributed by atoms with Gasteiger partial charge in [0.25, 0.3) is 5.91 Å². The molecule has 3 aromatic carbocycles. The summed E-state index contributed by atoms with van der Waals surface area (Å²) in [7, 11) is 0. The molecule has 0 unspecified atom stereocenters. The van der Waals surface area contributed by atoms with E-state index in [-0.39, 0.29) is 24.8 Å². The number of carbonyl (C=O) groups is 2. The maximum atomic E-state index is 13.3. The maximum absolute atomic E-state index is 13.3. The number of hydrogen-bond acceptors (Lipinski definition) is 4. The number of benzene rings is 3. The summed E-state index contributed by atoms with van der Waals surface area (Å²) < 4.78 is 10.9. The van der Waals surface area contributed by atoms with Crippen molar-refractivity contribution >= 4 is 11.9 Å². The van der Waals surface area contributed by atoms with Crippen molar-refractivity contribution in [1.82, 2.24) is 4.90 Å². The van der Waals surface area contributed by atoms with Crippen molar-refractivity contribution in [3.63, 3.8) is 0 Å². The Labute approximate surface area is 183 Å². The molecule has 0 heterocycles. The van der Waals surface area contributed by atoms with Gasteiger partial charge in [0.15, 0.2) is 0 Å². The minimum absolute atomic E-state index is 0.149. The summed E-state index contributed by atoms with van der Waals surface area (Å²) >= 11 is 0.